The topological polar surface area (TPSA) is 63.6 Å². The van der Waals surface area contributed by atoms with Gasteiger partial charge in [-0.25, -0.2) is 0 Å². The SMILES string of the molecule is COC(=O)CC(CC(=O)O)c1ccc(C)cc1. The lowest BCUT2D eigenvalue weighted by Gasteiger charge is -2.14. The zero-order valence-corrected chi connectivity index (χ0v) is 9.97. The van der Waals surface area contributed by atoms with Gasteiger partial charge in [0.05, 0.1) is 20.0 Å². The van der Waals surface area contributed by atoms with Crippen LogP contribution in [0.4, 0.5) is 0 Å². The van der Waals surface area contributed by atoms with Gasteiger partial charge >= 0.3 is 11.9 Å². The van der Waals surface area contributed by atoms with Crippen LogP contribution in [0, 0.1) is 6.92 Å². The lowest BCUT2D eigenvalue weighted by atomic mass is 9.92. The first-order valence-electron chi connectivity index (χ1n) is 5.38. The summed E-state index contributed by atoms with van der Waals surface area (Å²) in [6.45, 7) is 1.95. The molecule has 1 atom stereocenters. The Morgan fingerprint density at radius 2 is 1.82 bits per heavy atom. The van der Waals surface area contributed by atoms with Crippen molar-refractivity contribution in [3.63, 3.8) is 0 Å². The average Bonchev–Trinajstić information content (AvgIpc) is 2.28. The minimum atomic E-state index is -0.917. The molecule has 0 aliphatic carbocycles. The molecule has 0 aromatic heterocycles. The minimum absolute atomic E-state index is 0.0713. The Labute approximate surface area is 100 Å². The van der Waals surface area contributed by atoms with Crippen LogP contribution < -0.4 is 0 Å². The number of hydrogen-bond donors (Lipinski definition) is 1. The summed E-state index contributed by atoms with van der Waals surface area (Å²) in [6, 6.07) is 7.51. The van der Waals surface area contributed by atoms with Gasteiger partial charge in [0.25, 0.3) is 0 Å². The number of carboxylic acid groups (broad SMARTS) is 1. The van der Waals surface area contributed by atoms with Gasteiger partial charge in [-0.15, -0.1) is 0 Å². The molecule has 1 rings (SSSR count). The first-order chi connectivity index (χ1) is 8.02. The van der Waals surface area contributed by atoms with E-state index in [0.29, 0.717) is 0 Å². The van der Waals surface area contributed by atoms with Gasteiger partial charge in [0.15, 0.2) is 0 Å². The molecule has 17 heavy (non-hydrogen) atoms. The molecule has 0 amide bonds. The molecule has 1 aromatic carbocycles. The van der Waals surface area contributed by atoms with E-state index in [1.165, 1.54) is 7.11 Å². The third kappa shape index (κ3) is 4.26. The van der Waals surface area contributed by atoms with Crippen LogP contribution in [-0.4, -0.2) is 24.2 Å². The maximum Gasteiger partial charge on any atom is 0.306 e. The van der Waals surface area contributed by atoms with Crippen LogP contribution in [0.3, 0.4) is 0 Å². The molecular weight excluding hydrogens is 220 g/mol. The first kappa shape index (κ1) is 13.2. The summed E-state index contributed by atoms with van der Waals surface area (Å²) in [5, 5.41) is 8.83. The van der Waals surface area contributed by atoms with Gasteiger partial charge in [0, 0.05) is 5.92 Å². The third-order valence-electron chi connectivity index (χ3n) is 2.61. The molecule has 4 heteroatoms. The van der Waals surface area contributed by atoms with Crippen LogP contribution >= 0.6 is 0 Å². The van der Waals surface area contributed by atoms with E-state index in [0.717, 1.165) is 11.1 Å². The molecule has 0 saturated heterocycles. The molecule has 0 heterocycles. The van der Waals surface area contributed by atoms with Gasteiger partial charge in [-0.2, -0.15) is 0 Å². The van der Waals surface area contributed by atoms with Crippen molar-refractivity contribution in [1.29, 1.82) is 0 Å². The Hall–Kier alpha value is -1.84. The van der Waals surface area contributed by atoms with E-state index >= 15 is 0 Å². The highest BCUT2D eigenvalue weighted by Crippen LogP contribution is 2.24. The molecule has 0 radical (unpaired) electrons. The summed E-state index contributed by atoms with van der Waals surface area (Å²) < 4.78 is 4.58. The Kier molecular flexibility index (Phi) is 4.69. The average molecular weight is 236 g/mol. The number of aliphatic carboxylic acids is 1. The van der Waals surface area contributed by atoms with Crippen molar-refractivity contribution in [1.82, 2.24) is 0 Å². The smallest absolute Gasteiger partial charge is 0.306 e. The standard InChI is InChI=1S/C13H16O4/c1-9-3-5-10(6-4-9)11(7-12(14)15)8-13(16)17-2/h3-6,11H,7-8H2,1-2H3,(H,14,15). The summed E-state index contributed by atoms with van der Waals surface area (Å²) in [7, 11) is 1.30. The van der Waals surface area contributed by atoms with Crippen molar-refractivity contribution in [2.45, 2.75) is 25.7 Å². The minimum Gasteiger partial charge on any atom is -0.481 e. The molecule has 0 saturated carbocycles. The molecule has 4 nitrogen and oxygen atoms in total. The molecule has 92 valence electrons. The van der Waals surface area contributed by atoms with Gasteiger partial charge in [0.1, 0.15) is 0 Å². The van der Waals surface area contributed by atoms with Gasteiger partial charge < -0.3 is 9.84 Å². The van der Waals surface area contributed by atoms with Gasteiger partial charge in [-0.3, -0.25) is 9.59 Å². The molecular formula is C13H16O4. The number of carboxylic acids is 1. The van der Waals surface area contributed by atoms with Gasteiger partial charge in [-0.1, -0.05) is 29.8 Å². The van der Waals surface area contributed by atoms with Crippen molar-refractivity contribution in [3.8, 4) is 0 Å². The van der Waals surface area contributed by atoms with Crippen molar-refractivity contribution in [2.24, 2.45) is 0 Å². The number of ether oxygens (including phenoxy) is 1. The molecule has 0 aliphatic heterocycles. The van der Waals surface area contributed by atoms with E-state index in [2.05, 4.69) is 4.74 Å². The van der Waals surface area contributed by atoms with Crippen LogP contribution in [0.2, 0.25) is 0 Å². The Morgan fingerprint density at radius 3 is 2.29 bits per heavy atom. The maximum atomic E-state index is 11.2. The van der Waals surface area contributed by atoms with E-state index in [9.17, 15) is 9.59 Å². The zero-order chi connectivity index (χ0) is 12.8. The molecule has 0 bridgehead atoms. The van der Waals surface area contributed by atoms with Gasteiger partial charge in [0.2, 0.25) is 0 Å². The second kappa shape index (κ2) is 6.03. The number of hydrogen-bond acceptors (Lipinski definition) is 3. The predicted molar refractivity (Wildman–Crippen MR) is 62.8 cm³/mol. The fourth-order valence-electron chi connectivity index (χ4n) is 1.64. The monoisotopic (exact) mass is 236 g/mol. The van der Waals surface area contributed by atoms with Crippen LogP contribution in [0.1, 0.15) is 29.9 Å². The van der Waals surface area contributed by atoms with E-state index in [4.69, 9.17) is 5.11 Å². The lowest BCUT2D eigenvalue weighted by molar-refractivity contribution is -0.141. The summed E-state index contributed by atoms with van der Waals surface area (Å²) in [6.07, 6.45) is 0.0179. The summed E-state index contributed by atoms with van der Waals surface area (Å²) in [5.41, 5.74) is 1.95. The number of rotatable bonds is 5. The summed E-state index contributed by atoms with van der Waals surface area (Å²) >= 11 is 0. The van der Waals surface area contributed by atoms with Crippen LogP contribution in [0.15, 0.2) is 24.3 Å². The van der Waals surface area contributed by atoms with Crippen LogP contribution in [-0.2, 0) is 14.3 Å². The number of esters is 1. The fraction of sp³-hybridized carbons (Fsp3) is 0.385. The van der Waals surface area contributed by atoms with Crippen molar-refractivity contribution < 1.29 is 19.4 Å². The number of carbonyl (C=O) groups excluding carboxylic acids is 1. The molecule has 0 spiro atoms. The largest absolute Gasteiger partial charge is 0.481 e. The van der Waals surface area contributed by atoms with Crippen molar-refractivity contribution in [3.05, 3.63) is 35.4 Å². The van der Waals surface area contributed by atoms with E-state index in [1.54, 1.807) is 0 Å². The number of methoxy groups -OCH3 is 1. The quantitative estimate of drug-likeness (QED) is 0.795. The predicted octanol–water partition coefficient (Wildman–Crippen LogP) is 2.12. The van der Waals surface area contributed by atoms with E-state index < -0.39 is 11.9 Å². The molecule has 0 aliphatic rings. The Morgan fingerprint density at radius 1 is 1.24 bits per heavy atom. The van der Waals surface area contributed by atoms with Gasteiger partial charge in [-0.05, 0) is 12.5 Å². The third-order valence-corrected chi connectivity index (χ3v) is 2.61. The van der Waals surface area contributed by atoms with Crippen molar-refractivity contribution in [2.75, 3.05) is 7.11 Å². The highest BCUT2D eigenvalue weighted by molar-refractivity contribution is 5.73. The van der Waals surface area contributed by atoms with Crippen LogP contribution in [0.5, 0.6) is 0 Å². The van der Waals surface area contributed by atoms with Crippen molar-refractivity contribution >= 4 is 11.9 Å². The first-order valence-corrected chi connectivity index (χ1v) is 5.38. The highest BCUT2D eigenvalue weighted by Gasteiger charge is 2.19. The maximum absolute atomic E-state index is 11.2. The molecule has 0 fully saturated rings. The van der Waals surface area contributed by atoms with E-state index in [1.807, 2.05) is 31.2 Å². The lowest BCUT2D eigenvalue weighted by Crippen LogP contribution is -2.12. The Bertz CT molecular complexity index is 394. The van der Waals surface area contributed by atoms with Crippen LogP contribution in [0.25, 0.3) is 0 Å². The normalized spacial score (nSPS) is 11.9. The molecule has 1 aromatic rings. The summed E-state index contributed by atoms with van der Waals surface area (Å²) in [5.74, 6) is -1.64. The fourth-order valence-corrected chi connectivity index (χ4v) is 1.64. The highest BCUT2D eigenvalue weighted by atomic mass is 16.5. The number of aryl methyl sites for hydroxylation is 1. The second-order valence-electron chi connectivity index (χ2n) is 3.99. The molecule has 1 N–H and O–H groups in total. The summed E-state index contributed by atoms with van der Waals surface area (Å²) in [4.78, 5) is 22.0. The molecule has 1 unspecified atom stereocenters. The Balaban J connectivity index is 2.85. The number of carbonyl (C=O) groups is 2. The second-order valence-corrected chi connectivity index (χ2v) is 3.99. The zero-order valence-electron chi connectivity index (χ0n) is 9.97. The number of benzene rings is 1. The van der Waals surface area contributed by atoms with E-state index in [-0.39, 0.29) is 18.8 Å².